The highest BCUT2D eigenvalue weighted by Gasteiger charge is 2.27. The van der Waals surface area contributed by atoms with Crippen LogP contribution < -0.4 is 10.2 Å². The Morgan fingerprint density at radius 1 is 1.14 bits per heavy atom. The van der Waals surface area contributed by atoms with Gasteiger partial charge in [0.25, 0.3) is 0 Å². The van der Waals surface area contributed by atoms with Crippen LogP contribution in [-0.4, -0.2) is 62.1 Å². The Morgan fingerprint density at radius 2 is 1.93 bits per heavy atom. The second-order valence-electron chi connectivity index (χ2n) is 6.57. The third kappa shape index (κ3) is 6.38. The average Bonchev–Trinajstić information content (AvgIpc) is 2.73. The van der Waals surface area contributed by atoms with Gasteiger partial charge in [0.2, 0.25) is 15.9 Å². The first-order chi connectivity index (χ1) is 13.9. The lowest BCUT2D eigenvalue weighted by Gasteiger charge is -2.34. The molecule has 2 aromatic rings. The van der Waals surface area contributed by atoms with Gasteiger partial charge in [-0.2, -0.15) is 4.31 Å². The van der Waals surface area contributed by atoms with Crippen molar-refractivity contribution in [3.8, 4) is 0 Å². The van der Waals surface area contributed by atoms with Crippen molar-refractivity contribution in [1.29, 1.82) is 0 Å². The van der Waals surface area contributed by atoms with Gasteiger partial charge in [-0.1, -0.05) is 34.1 Å². The number of aromatic nitrogens is 1. The van der Waals surface area contributed by atoms with Crippen molar-refractivity contribution >= 4 is 43.8 Å². The summed E-state index contributed by atoms with van der Waals surface area (Å²) in [5.74, 6) is 0.418. The lowest BCUT2D eigenvalue weighted by Crippen LogP contribution is -2.50. The molecule has 0 atom stereocenters. The molecule has 2 heterocycles. The largest absolute Gasteiger partial charge is 0.354 e. The Hall–Kier alpha value is -2.23. The fourth-order valence-corrected chi connectivity index (χ4v) is 4.76. The van der Waals surface area contributed by atoms with Gasteiger partial charge >= 0.3 is 0 Å². The number of halogens is 1. The van der Waals surface area contributed by atoms with E-state index in [2.05, 4.69) is 31.1 Å². The molecule has 0 unspecified atom stereocenters. The molecule has 0 spiro atoms. The molecule has 0 saturated carbocycles. The van der Waals surface area contributed by atoms with Gasteiger partial charge in [0.15, 0.2) is 0 Å². The Labute approximate surface area is 179 Å². The fourth-order valence-electron chi connectivity index (χ4n) is 3.01. The molecule has 0 radical (unpaired) electrons. The van der Waals surface area contributed by atoms with Crippen molar-refractivity contribution in [2.75, 3.05) is 43.4 Å². The van der Waals surface area contributed by atoms with Gasteiger partial charge in [-0.15, -0.1) is 0 Å². The van der Waals surface area contributed by atoms with E-state index in [0.29, 0.717) is 26.2 Å². The van der Waals surface area contributed by atoms with E-state index in [1.165, 1.54) is 10.4 Å². The van der Waals surface area contributed by atoms with Gasteiger partial charge < -0.3 is 10.2 Å². The molecular formula is C20H23BrN4O3S. The molecular weight excluding hydrogens is 456 g/mol. The minimum Gasteiger partial charge on any atom is -0.354 e. The molecule has 1 N–H and O–H groups in total. The Morgan fingerprint density at radius 3 is 2.62 bits per heavy atom. The van der Waals surface area contributed by atoms with E-state index < -0.39 is 10.0 Å². The number of sulfonamides is 1. The Kier molecular flexibility index (Phi) is 7.40. The van der Waals surface area contributed by atoms with Crippen molar-refractivity contribution in [1.82, 2.24) is 14.6 Å². The SMILES string of the molecule is O=C(/C=C\c1cccc(Br)c1)NCCS(=O)(=O)N1CCN(c2ccccn2)CC1. The van der Waals surface area contributed by atoms with Crippen LogP contribution in [0.1, 0.15) is 5.56 Å². The summed E-state index contributed by atoms with van der Waals surface area (Å²) < 4.78 is 27.5. The van der Waals surface area contributed by atoms with Gasteiger partial charge in [0.1, 0.15) is 5.82 Å². The maximum Gasteiger partial charge on any atom is 0.244 e. The van der Waals surface area contributed by atoms with Crippen LogP contribution in [0, 0.1) is 0 Å². The molecule has 1 aromatic carbocycles. The van der Waals surface area contributed by atoms with Crippen molar-refractivity contribution in [3.05, 3.63) is 64.8 Å². The molecule has 1 fully saturated rings. The van der Waals surface area contributed by atoms with Crippen molar-refractivity contribution in [2.45, 2.75) is 0 Å². The molecule has 1 amide bonds. The number of pyridine rings is 1. The number of benzene rings is 1. The molecule has 154 valence electrons. The van der Waals surface area contributed by atoms with E-state index >= 15 is 0 Å². The number of hydrogen-bond donors (Lipinski definition) is 1. The summed E-state index contributed by atoms with van der Waals surface area (Å²) in [6.07, 6.45) is 4.82. The third-order valence-electron chi connectivity index (χ3n) is 4.54. The zero-order valence-electron chi connectivity index (χ0n) is 15.9. The molecule has 7 nitrogen and oxygen atoms in total. The first kappa shape index (κ1) is 21.5. The van der Waals surface area contributed by atoms with Crippen LogP contribution in [0.5, 0.6) is 0 Å². The topological polar surface area (TPSA) is 82.6 Å². The van der Waals surface area contributed by atoms with Gasteiger partial charge in [-0.25, -0.2) is 13.4 Å². The molecule has 1 aromatic heterocycles. The highest BCUT2D eigenvalue weighted by Crippen LogP contribution is 2.15. The first-order valence-corrected chi connectivity index (χ1v) is 11.7. The standard InChI is InChI=1S/C20H23BrN4O3S/c21-18-5-3-4-17(16-18)7-8-20(26)23-10-15-29(27,28)25-13-11-24(12-14-25)19-6-1-2-9-22-19/h1-9,16H,10-15H2,(H,23,26)/b8-7-. The van der Waals surface area contributed by atoms with E-state index in [1.54, 1.807) is 12.3 Å². The van der Waals surface area contributed by atoms with Crippen LogP contribution in [0.4, 0.5) is 5.82 Å². The number of anilines is 1. The second kappa shape index (κ2) is 10.00. The van der Waals surface area contributed by atoms with Gasteiger partial charge in [-0.3, -0.25) is 4.79 Å². The maximum absolute atomic E-state index is 12.5. The predicted molar refractivity (Wildman–Crippen MR) is 118 cm³/mol. The molecule has 0 bridgehead atoms. The van der Waals surface area contributed by atoms with Gasteiger partial charge in [0.05, 0.1) is 5.75 Å². The first-order valence-electron chi connectivity index (χ1n) is 9.29. The molecule has 9 heteroatoms. The Bertz CT molecular complexity index is 959. The summed E-state index contributed by atoms with van der Waals surface area (Å²) >= 11 is 3.38. The number of rotatable bonds is 7. The van der Waals surface area contributed by atoms with Crippen LogP contribution in [0.15, 0.2) is 59.2 Å². The van der Waals surface area contributed by atoms with Crippen LogP contribution >= 0.6 is 15.9 Å². The smallest absolute Gasteiger partial charge is 0.244 e. The van der Waals surface area contributed by atoms with E-state index in [0.717, 1.165) is 15.9 Å². The van der Waals surface area contributed by atoms with E-state index in [4.69, 9.17) is 0 Å². The zero-order valence-corrected chi connectivity index (χ0v) is 18.3. The summed E-state index contributed by atoms with van der Waals surface area (Å²) in [5, 5.41) is 2.63. The third-order valence-corrected chi connectivity index (χ3v) is 6.91. The van der Waals surface area contributed by atoms with Crippen LogP contribution in [0.25, 0.3) is 6.08 Å². The van der Waals surface area contributed by atoms with Crippen molar-refractivity contribution in [2.24, 2.45) is 0 Å². The lowest BCUT2D eigenvalue weighted by molar-refractivity contribution is -0.116. The van der Waals surface area contributed by atoms with Crippen LogP contribution in [0.2, 0.25) is 0 Å². The zero-order chi connectivity index (χ0) is 20.7. The minimum absolute atomic E-state index is 0.0739. The van der Waals surface area contributed by atoms with E-state index in [-0.39, 0.29) is 18.2 Å². The van der Waals surface area contributed by atoms with Crippen LogP contribution in [0.3, 0.4) is 0 Å². The summed E-state index contributed by atoms with van der Waals surface area (Å²) in [5.41, 5.74) is 0.882. The molecule has 3 rings (SSSR count). The predicted octanol–water partition coefficient (Wildman–Crippen LogP) is 2.13. The number of nitrogens with zero attached hydrogens (tertiary/aromatic N) is 3. The number of hydrogen-bond acceptors (Lipinski definition) is 5. The molecule has 1 aliphatic heterocycles. The van der Waals surface area contributed by atoms with E-state index in [1.807, 2.05) is 42.5 Å². The molecule has 1 aliphatic rings. The highest BCUT2D eigenvalue weighted by molar-refractivity contribution is 9.10. The fraction of sp³-hybridized carbons (Fsp3) is 0.300. The van der Waals surface area contributed by atoms with Gasteiger partial charge in [0, 0.05) is 49.5 Å². The molecule has 1 saturated heterocycles. The van der Waals surface area contributed by atoms with Crippen molar-refractivity contribution in [3.63, 3.8) is 0 Å². The monoisotopic (exact) mass is 478 g/mol. The molecule has 29 heavy (non-hydrogen) atoms. The van der Waals surface area contributed by atoms with Crippen molar-refractivity contribution < 1.29 is 13.2 Å². The summed E-state index contributed by atoms with van der Waals surface area (Å²) in [6, 6.07) is 13.2. The summed E-state index contributed by atoms with van der Waals surface area (Å²) in [7, 11) is -3.42. The number of carbonyl (C=O) groups excluding carboxylic acids is 1. The van der Waals surface area contributed by atoms with E-state index in [9.17, 15) is 13.2 Å². The normalized spacial score (nSPS) is 15.6. The summed E-state index contributed by atoms with van der Waals surface area (Å²) in [6.45, 7) is 2.09. The number of carbonyl (C=O) groups is 1. The number of piperazine rings is 1. The minimum atomic E-state index is -3.42. The number of amides is 1. The quantitative estimate of drug-likeness (QED) is 0.616. The molecule has 0 aliphatic carbocycles. The maximum atomic E-state index is 12.5. The number of nitrogens with one attached hydrogen (secondary N) is 1. The lowest BCUT2D eigenvalue weighted by atomic mass is 10.2. The van der Waals surface area contributed by atoms with Gasteiger partial charge in [-0.05, 0) is 35.9 Å². The second-order valence-corrected chi connectivity index (χ2v) is 9.57. The van der Waals surface area contributed by atoms with Crippen LogP contribution in [-0.2, 0) is 14.8 Å². The Balaban J connectivity index is 1.43. The average molecular weight is 479 g/mol. The highest BCUT2D eigenvalue weighted by atomic mass is 79.9. The summed E-state index contributed by atoms with van der Waals surface area (Å²) in [4.78, 5) is 18.3.